The number of nitrogens with two attached hydrogens (primary N) is 1. The van der Waals surface area contributed by atoms with Crippen molar-refractivity contribution in [2.45, 2.75) is 12.5 Å². The lowest BCUT2D eigenvalue weighted by Gasteiger charge is -2.14. The topological polar surface area (TPSA) is 35.2 Å². The number of benzene rings is 2. The summed E-state index contributed by atoms with van der Waals surface area (Å²) >= 11 is 0. The highest BCUT2D eigenvalue weighted by Crippen LogP contribution is 2.38. The van der Waals surface area contributed by atoms with Crippen molar-refractivity contribution in [2.75, 3.05) is 5.73 Å². The van der Waals surface area contributed by atoms with Crippen molar-refractivity contribution in [3.05, 3.63) is 48.0 Å². The van der Waals surface area contributed by atoms with Gasteiger partial charge >= 0.3 is 12.5 Å². The minimum absolute atomic E-state index is 0.0772. The van der Waals surface area contributed by atoms with Crippen LogP contribution in [0.3, 0.4) is 0 Å². The molecular formula is C14H9F6NO. The van der Waals surface area contributed by atoms with E-state index < -0.39 is 29.5 Å². The molecule has 0 saturated carbocycles. The first kappa shape index (κ1) is 16.0. The lowest BCUT2D eigenvalue weighted by molar-refractivity contribution is -0.274. The molecule has 2 N–H and O–H groups in total. The highest BCUT2D eigenvalue weighted by molar-refractivity contribution is 5.79. The van der Waals surface area contributed by atoms with Crippen LogP contribution in [0.1, 0.15) is 5.56 Å². The molecule has 0 aliphatic carbocycles. The SMILES string of the molecule is Nc1c(-c2ccc(OC(F)(F)F)cc2)cccc1C(F)(F)F. The molecule has 0 fully saturated rings. The summed E-state index contributed by atoms with van der Waals surface area (Å²) in [7, 11) is 0. The van der Waals surface area contributed by atoms with E-state index in [0.29, 0.717) is 0 Å². The third-order valence-corrected chi connectivity index (χ3v) is 2.81. The van der Waals surface area contributed by atoms with E-state index in [2.05, 4.69) is 4.74 Å². The van der Waals surface area contributed by atoms with Gasteiger partial charge in [0.2, 0.25) is 0 Å². The molecule has 22 heavy (non-hydrogen) atoms. The predicted molar refractivity (Wildman–Crippen MR) is 68.0 cm³/mol. The molecule has 0 amide bonds. The first-order valence-electron chi connectivity index (χ1n) is 5.90. The molecule has 0 bridgehead atoms. The first-order valence-corrected chi connectivity index (χ1v) is 5.90. The number of ether oxygens (including phenoxy) is 1. The number of nitrogen functional groups attached to an aromatic ring is 1. The van der Waals surface area contributed by atoms with Crippen LogP contribution in [0.2, 0.25) is 0 Å². The zero-order chi connectivity index (χ0) is 16.5. The number of alkyl halides is 6. The second-order valence-corrected chi connectivity index (χ2v) is 4.34. The van der Waals surface area contributed by atoms with E-state index in [9.17, 15) is 26.3 Å². The highest BCUT2D eigenvalue weighted by Gasteiger charge is 2.34. The number of hydrogen-bond donors (Lipinski definition) is 1. The number of halogens is 6. The average molecular weight is 321 g/mol. The van der Waals surface area contributed by atoms with E-state index in [1.807, 2.05) is 0 Å². The summed E-state index contributed by atoms with van der Waals surface area (Å²) in [6.07, 6.45) is -9.45. The zero-order valence-electron chi connectivity index (χ0n) is 10.8. The van der Waals surface area contributed by atoms with E-state index in [1.54, 1.807) is 0 Å². The smallest absolute Gasteiger partial charge is 0.406 e. The predicted octanol–water partition coefficient (Wildman–Crippen LogP) is 4.85. The second kappa shape index (κ2) is 5.43. The number of para-hydroxylation sites is 1. The molecule has 0 aliphatic heterocycles. The van der Waals surface area contributed by atoms with E-state index in [0.717, 1.165) is 18.2 Å². The molecule has 2 rings (SSSR count). The Morgan fingerprint density at radius 2 is 1.41 bits per heavy atom. The van der Waals surface area contributed by atoms with Gasteiger partial charge in [-0.2, -0.15) is 13.2 Å². The normalized spacial score (nSPS) is 12.3. The summed E-state index contributed by atoms with van der Waals surface area (Å²) < 4.78 is 78.1. The van der Waals surface area contributed by atoms with Gasteiger partial charge in [0.1, 0.15) is 5.75 Å². The Morgan fingerprint density at radius 3 is 1.91 bits per heavy atom. The fraction of sp³-hybridized carbons (Fsp3) is 0.143. The maximum Gasteiger partial charge on any atom is 0.573 e. The molecule has 0 radical (unpaired) electrons. The molecular weight excluding hydrogens is 312 g/mol. The fourth-order valence-electron chi connectivity index (χ4n) is 1.90. The van der Waals surface area contributed by atoms with Crippen LogP contribution in [0.5, 0.6) is 5.75 Å². The molecule has 118 valence electrons. The van der Waals surface area contributed by atoms with Crippen molar-refractivity contribution in [3.8, 4) is 16.9 Å². The third-order valence-electron chi connectivity index (χ3n) is 2.81. The van der Waals surface area contributed by atoms with Crippen molar-refractivity contribution >= 4 is 5.69 Å². The van der Waals surface area contributed by atoms with E-state index >= 15 is 0 Å². The van der Waals surface area contributed by atoms with Gasteiger partial charge in [-0.3, -0.25) is 0 Å². The van der Waals surface area contributed by atoms with Crippen LogP contribution in [-0.4, -0.2) is 6.36 Å². The number of hydrogen-bond acceptors (Lipinski definition) is 2. The van der Waals surface area contributed by atoms with Crippen LogP contribution in [0, 0.1) is 0 Å². The fourth-order valence-corrected chi connectivity index (χ4v) is 1.90. The van der Waals surface area contributed by atoms with Gasteiger partial charge in [-0.15, -0.1) is 13.2 Å². The quantitative estimate of drug-likeness (QED) is 0.634. The van der Waals surface area contributed by atoms with Crippen molar-refractivity contribution in [1.29, 1.82) is 0 Å². The Bertz CT molecular complexity index is 661. The summed E-state index contributed by atoms with van der Waals surface area (Å²) in [6.45, 7) is 0. The van der Waals surface area contributed by atoms with Gasteiger partial charge in [0, 0.05) is 5.56 Å². The molecule has 0 saturated heterocycles. The van der Waals surface area contributed by atoms with Crippen LogP contribution in [0.4, 0.5) is 32.0 Å². The van der Waals surface area contributed by atoms with Gasteiger partial charge in [-0.25, -0.2) is 0 Å². The van der Waals surface area contributed by atoms with Gasteiger partial charge in [-0.05, 0) is 23.8 Å². The number of anilines is 1. The van der Waals surface area contributed by atoms with Crippen LogP contribution in [0.15, 0.2) is 42.5 Å². The molecule has 0 aromatic heterocycles. The van der Waals surface area contributed by atoms with E-state index in [1.165, 1.54) is 24.3 Å². The second-order valence-electron chi connectivity index (χ2n) is 4.34. The highest BCUT2D eigenvalue weighted by atomic mass is 19.4. The van der Waals surface area contributed by atoms with Crippen LogP contribution >= 0.6 is 0 Å². The summed E-state index contributed by atoms with van der Waals surface area (Å²) in [5.74, 6) is -0.471. The lowest BCUT2D eigenvalue weighted by Crippen LogP contribution is -2.16. The van der Waals surface area contributed by atoms with E-state index in [4.69, 9.17) is 5.73 Å². The Kier molecular flexibility index (Phi) is 3.95. The molecule has 0 atom stereocenters. The molecule has 0 aliphatic rings. The summed E-state index contributed by atoms with van der Waals surface area (Å²) in [5, 5.41) is 0. The van der Waals surface area contributed by atoms with Gasteiger partial charge in [0.05, 0.1) is 11.3 Å². The summed E-state index contributed by atoms with van der Waals surface area (Å²) in [5.41, 5.74) is 4.35. The van der Waals surface area contributed by atoms with Crippen LogP contribution < -0.4 is 10.5 Å². The molecule has 2 aromatic rings. The Labute approximate surface area is 121 Å². The van der Waals surface area contributed by atoms with Crippen molar-refractivity contribution in [1.82, 2.24) is 0 Å². The molecule has 2 aromatic carbocycles. The Balaban J connectivity index is 2.37. The Morgan fingerprint density at radius 1 is 0.818 bits per heavy atom. The molecule has 0 spiro atoms. The maximum absolute atomic E-state index is 12.8. The van der Waals surface area contributed by atoms with E-state index in [-0.39, 0.29) is 11.1 Å². The van der Waals surface area contributed by atoms with Gasteiger partial charge in [0.15, 0.2) is 0 Å². The first-order chi connectivity index (χ1) is 10.1. The van der Waals surface area contributed by atoms with Crippen LogP contribution in [0.25, 0.3) is 11.1 Å². The number of rotatable bonds is 2. The largest absolute Gasteiger partial charge is 0.573 e. The minimum atomic E-state index is -4.84. The van der Waals surface area contributed by atoms with Gasteiger partial charge in [0.25, 0.3) is 0 Å². The molecule has 2 nitrogen and oxygen atoms in total. The van der Waals surface area contributed by atoms with Crippen LogP contribution in [-0.2, 0) is 6.18 Å². The lowest BCUT2D eigenvalue weighted by atomic mass is 10.00. The Hall–Kier alpha value is -2.38. The van der Waals surface area contributed by atoms with Gasteiger partial charge < -0.3 is 10.5 Å². The van der Waals surface area contributed by atoms with Crippen molar-refractivity contribution < 1.29 is 31.1 Å². The standard InChI is InChI=1S/C14H9F6NO/c15-13(16,17)11-3-1-2-10(12(11)21)8-4-6-9(7-5-8)22-14(18,19)20/h1-7H,21H2. The zero-order valence-corrected chi connectivity index (χ0v) is 10.8. The van der Waals surface area contributed by atoms with Crippen molar-refractivity contribution in [2.24, 2.45) is 0 Å². The molecule has 0 heterocycles. The third kappa shape index (κ3) is 3.63. The van der Waals surface area contributed by atoms with Gasteiger partial charge in [-0.1, -0.05) is 24.3 Å². The summed E-state index contributed by atoms with van der Waals surface area (Å²) in [6, 6.07) is 7.77. The summed E-state index contributed by atoms with van der Waals surface area (Å²) in [4.78, 5) is 0. The average Bonchev–Trinajstić information content (AvgIpc) is 2.37. The molecule has 0 unspecified atom stereocenters. The molecule has 8 heteroatoms. The maximum atomic E-state index is 12.8. The minimum Gasteiger partial charge on any atom is -0.406 e. The van der Waals surface area contributed by atoms with Crippen molar-refractivity contribution in [3.63, 3.8) is 0 Å². The monoisotopic (exact) mass is 321 g/mol.